The summed E-state index contributed by atoms with van der Waals surface area (Å²) in [4.78, 5) is 16.2. The van der Waals surface area contributed by atoms with E-state index in [0.29, 0.717) is 12.1 Å². The molecule has 3 aromatic heterocycles. The van der Waals surface area contributed by atoms with Crippen LogP contribution in [-0.2, 0) is 13.5 Å². The Hall–Kier alpha value is -3.22. The molecular weight excluding hydrogens is 304 g/mol. The number of H-pyrrole nitrogens is 1. The fraction of sp³-hybridized carbons (Fsp3) is 0.176. The van der Waals surface area contributed by atoms with E-state index in [0.717, 1.165) is 33.2 Å². The number of amides is 1. The standard InChI is InChI=1S/C17H16N6O/c1-18-17(24)13-5-4-12-16(20-13)14(22-21-12)8-10-3-6-15-11(7-10)9-19-23(15)2/h3-7,9H,8H2,1-2H3,(H,18,24)(H,21,22). The van der Waals surface area contributed by atoms with Crippen LogP contribution in [0, 0.1) is 0 Å². The van der Waals surface area contributed by atoms with Gasteiger partial charge in [0.15, 0.2) is 0 Å². The summed E-state index contributed by atoms with van der Waals surface area (Å²) in [6.07, 6.45) is 2.51. The van der Waals surface area contributed by atoms with E-state index in [1.165, 1.54) is 0 Å². The van der Waals surface area contributed by atoms with Gasteiger partial charge >= 0.3 is 0 Å². The van der Waals surface area contributed by atoms with E-state index in [1.807, 2.05) is 17.9 Å². The average molecular weight is 320 g/mol. The monoisotopic (exact) mass is 320 g/mol. The highest BCUT2D eigenvalue weighted by Crippen LogP contribution is 2.20. The summed E-state index contributed by atoms with van der Waals surface area (Å²) in [6, 6.07) is 9.71. The molecule has 2 N–H and O–H groups in total. The molecule has 0 atom stereocenters. The molecule has 0 fully saturated rings. The second-order valence-electron chi connectivity index (χ2n) is 5.68. The number of rotatable bonds is 3. The number of carbonyl (C=O) groups is 1. The third-order valence-electron chi connectivity index (χ3n) is 4.12. The molecule has 0 bridgehead atoms. The number of carbonyl (C=O) groups excluding carboxylic acids is 1. The molecule has 1 aromatic carbocycles. The number of nitrogens with zero attached hydrogens (tertiary/aromatic N) is 4. The van der Waals surface area contributed by atoms with Crippen molar-refractivity contribution in [1.82, 2.24) is 30.3 Å². The van der Waals surface area contributed by atoms with Gasteiger partial charge in [-0.05, 0) is 29.8 Å². The Kier molecular flexibility index (Phi) is 3.26. The van der Waals surface area contributed by atoms with E-state index in [4.69, 9.17) is 0 Å². The third kappa shape index (κ3) is 2.30. The largest absolute Gasteiger partial charge is 0.354 e. The highest BCUT2D eigenvalue weighted by molar-refractivity contribution is 5.94. The minimum Gasteiger partial charge on any atom is -0.354 e. The van der Waals surface area contributed by atoms with Crippen molar-refractivity contribution in [2.45, 2.75) is 6.42 Å². The van der Waals surface area contributed by atoms with Crippen molar-refractivity contribution in [3.05, 3.63) is 53.5 Å². The van der Waals surface area contributed by atoms with Crippen molar-refractivity contribution in [3.8, 4) is 0 Å². The van der Waals surface area contributed by atoms with Crippen LogP contribution in [0.4, 0.5) is 0 Å². The lowest BCUT2D eigenvalue weighted by atomic mass is 10.1. The van der Waals surface area contributed by atoms with Crippen molar-refractivity contribution in [2.75, 3.05) is 7.05 Å². The summed E-state index contributed by atoms with van der Waals surface area (Å²) in [5.74, 6) is -0.208. The van der Waals surface area contributed by atoms with Gasteiger partial charge in [0.2, 0.25) is 0 Å². The van der Waals surface area contributed by atoms with E-state index in [2.05, 4.69) is 43.8 Å². The molecule has 0 radical (unpaired) electrons. The van der Waals surface area contributed by atoms with Crippen LogP contribution >= 0.6 is 0 Å². The molecule has 0 aliphatic heterocycles. The highest BCUT2D eigenvalue weighted by atomic mass is 16.1. The van der Waals surface area contributed by atoms with Gasteiger partial charge in [0.05, 0.1) is 17.4 Å². The number of nitrogens with one attached hydrogen (secondary N) is 2. The lowest BCUT2D eigenvalue weighted by Gasteiger charge is -2.02. The molecule has 3 heterocycles. The minimum atomic E-state index is -0.208. The number of aromatic amines is 1. The summed E-state index contributed by atoms with van der Waals surface area (Å²) >= 11 is 0. The summed E-state index contributed by atoms with van der Waals surface area (Å²) in [5, 5.41) is 15.3. The maximum atomic E-state index is 11.8. The third-order valence-corrected chi connectivity index (χ3v) is 4.12. The van der Waals surface area contributed by atoms with Gasteiger partial charge in [-0.3, -0.25) is 14.6 Å². The smallest absolute Gasteiger partial charge is 0.269 e. The summed E-state index contributed by atoms with van der Waals surface area (Å²) in [7, 11) is 3.52. The normalized spacial score (nSPS) is 11.2. The number of hydrogen-bond acceptors (Lipinski definition) is 4. The zero-order chi connectivity index (χ0) is 16.7. The van der Waals surface area contributed by atoms with E-state index < -0.39 is 0 Å². The Morgan fingerprint density at radius 3 is 3.00 bits per heavy atom. The Bertz CT molecular complexity index is 1060. The second-order valence-corrected chi connectivity index (χ2v) is 5.68. The number of aryl methyl sites for hydroxylation is 1. The van der Waals surface area contributed by atoms with E-state index >= 15 is 0 Å². The van der Waals surface area contributed by atoms with Crippen LogP contribution in [0.2, 0.25) is 0 Å². The molecule has 1 amide bonds. The van der Waals surface area contributed by atoms with Gasteiger partial charge < -0.3 is 5.32 Å². The molecule has 4 aromatic rings. The van der Waals surface area contributed by atoms with Crippen molar-refractivity contribution < 1.29 is 4.79 Å². The lowest BCUT2D eigenvalue weighted by Crippen LogP contribution is -2.19. The average Bonchev–Trinajstić information content (AvgIpc) is 3.18. The molecule has 120 valence electrons. The predicted molar refractivity (Wildman–Crippen MR) is 90.8 cm³/mol. The number of fused-ring (bicyclic) bond motifs is 2. The number of aromatic nitrogens is 5. The van der Waals surface area contributed by atoms with E-state index in [1.54, 1.807) is 19.2 Å². The van der Waals surface area contributed by atoms with Crippen LogP contribution in [0.1, 0.15) is 21.7 Å². The Labute approximate surface area is 137 Å². The molecule has 0 aliphatic rings. The quantitative estimate of drug-likeness (QED) is 0.602. The van der Waals surface area contributed by atoms with Crippen molar-refractivity contribution in [2.24, 2.45) is 7.05 Å². The molecule has 0 saturated carbocycles. The van der Waals surface area contributed by atoms with Gasteiger partial charge in [0.1, 0.15) is 16.7 Å². The van der Waals surface area contributed by atoms with Gasteiger partial charge in [-0.2, -0.15) is 10.2 Å². The fourth-order valence-electron chi connectivity index (χ4n) is 2.85. The molecule has 0 spiro atoms. The number of benzene rings is 1. The first kappa shape index (κ1) is 14.4. The molecule has 7 heteroatoms. The Morgan fingerprint density at radius 1 is 1.29 bits per heavy atom. The Morgan fingerprint density at radius 2 is 2.17 bits per heavy atom. The van der Waals surface area contributed by atoms with Crippen LogP contribution in [0.25, 0.3) is 21.9 Å². The molecule has 7 nitrogen and oxygen atoms in total. The fourth-order valence-corrected chi connectivity index (χ4v) is 2.85. The van der Waals surface area contributed by atoms with E-state index in [-0.39, 0.29) is 5.91 Å². The topological polar surface area (TPSA) is 88.5 Å². The SMILES string of the molecule is CNC(=O)c1ccc2n[nH]c(Cc3ccc4c(cnn4C)c3)c2n1. The number of pyridine rings is 1. The van der Waals surface area contributed by atoms with Crippen molar-refractivity contribution >= 4 is 27.8 Å². The molecule has 4 rings (SSSR count). The molecule has 0 aliphatic carbocycles. The maximum absolute atomic E-state index is 11.8. The second kappa shape index (κ2) is 5.45. The first-order valence-corrected chi connectivity index (χ1v) is 7.62. The zero-order valence-corrected chi connectivity index (χ0v) is 13.4. The van der Waals surface area contributed by atoms with Crippen LogP contribution < -0.4 is 5.32 Å². The van der Waals surface area contributed by atoms with Crippen LogP contribution in [0.15, 0.2) is 36.5 Å². The van der Waals surface area contributed by atoms with Crippen LogP contribution in [0.5, 0.6) is 0 Å². The van der Waals surface area contributed by atoms with Gasteiger partial charge in [-0.15, -0.1) is 0 Å². The zero-order valence-electron chi connectivity index (χ0n) is 13.4. The Balaban J connectivity index is 1.73. The van der Waals surface area contributed by atoms with Crippen molar-refractivity contribution in [3.63, 3.8) is 0 Å². The summed E-state index contributed by atoms with van der Waals surface area (Å²) < 4.78 is 1.85. The maximum Gasteiger partial charge on any atom is 0.269 e. The van der Waals surface area contributed by atoms with Crippen molar-refractivity contribution in [1.29, 1.82) is 0 Å². The molecular formula is C17H16N6O. The van der Waals surface area contributed by atoms with Gasteiger partial charge in [-0.1, -0.05) is 6.07 Å². The minimum absolute atomic E-state index is 0.208. The first-order chi connectivity index (χ1) is 11.7. The number of hydrogen-bond donors (Lipinski definition) is 2. The van der Waals surface area contributed by atoms with Crippen LogP contribution in [0.3, 0.4) is 0 Å². The highest BCUT2D eigenvalue weighted by Gasteiger charge is 2.12. The predicted octanol–water partition coefficient (Wildman–Crippen LogP) is 1.79. The summed E-state index contributed by atoms with van der Waals surface area (Å²) in [5.41, 5.74) is 4.97. The molecule has 0 saturated heterocycles. The lowest BCUT2D eigenvalue weighted by molar-refractivity contribution is 0.0958. The summed E-state index contributed by atoms with van der Waals surface area (Å²) in [6.45, 7) is 0. The van der Waals surface area contributed by atoms with Gasteiger partial charge in [0.25, 0.3) is 5.91 Å². The molecule has 24 heavy (non-hydrogen) atoms. The van der Waals surface area contributed by atoms with Crippen LogP contribution in [-0.4, -0.2) is 37.9 Å². The van der Waals surface area contributed by atoms with E-state index in [9.17, 15) is 4.79 Å². The van der Waals surface area contributed by atoms with Gasteiger partial charge in [-0.25, -0.2) is 4.98 Å². The van der Waals surface area contributed by atoms with Gasteiger partial charge in [0, 0.05) is 25.9 Å². The first-order valence-electron chi connectivity index (χ1n) is 7.62. The molecule has 0 unspecified atom stereocenters.